The van der Waals surface area contributed by atoms with Crippen molar-refractivity contribution in [2.45, 2.75) is 6.92 Å². The molecule has 2 aromatic rings. The van der Waals surface area contributed by atoms with Crippen molar-refractivity contribution in [1.82, 2.24) is 4.98 Å². The Morgan fingerprint density at radius 3 is 2.68 bits per heavy atom. The number of ketones is 1. The third-order valence-corrected chi connectivity index (χ3v) is 3.12. The highest BCUT2D eigenvalue weighted by atomic mass is 79.9. The van der Waals surface area contributed by atoms with Crippen LogP contribution in [0.2, 0.25) is 0 Å². The molecule has 0 aliphatic heterocycles. The summed E-state index contributed by atoms with van der Waals surface area (Å²) in [6.07, 6.45) is 4.82. The topological polar surface area (TPSA) is 42.0 Å². The fourth-order valence-corrected chi connectivity index (χ4v) is 1.81. The molecule has 1 aromatic carbocycles. The molecule has 1 aromatic heterocycles. The maximum absolute atomic E-state index is 11.9. The zero-order valence-electron chi connectivity index (χ0n) is 10.4. The lowest BCUT2D eigenvalue weighted by Crippen LogP contribution is -1.98. The van der Waals surface area contributed by atoms with Gasteiger partial charge in [0.15, 0.2) is 5.78 Å². The molecular weight excluding hydrogens is 304 g/mol. The first-order chi connectivity index (χ1) is 9.16. The Morgan fingerprint density at radius 2 is 2.00 bits per heavy atom. The predicted octanol–water partition coefficient (Wildman–Crippen LogP) is 3.96. The number of nitrogens with zero attached hydrogens (tertiary/aromatic N) is 1. The molecule has 1 N–H and O–H groups in total. The highest BCUT2D eigenvalue weighted by Gasteiger charge is 2.01. The second kappa shape index (κ2) is 6.29. The van der Waals surface area contributed by atoms with Gasteiger partial charge in [0.1, 0.15) is 5.82 Å². The number of pyridine rings is 1. The molecule has 0 unspecified atom stereocenters. The predicted molar refractivity (Wildman–Crippen MR) is 80.2 cm³/mol. The third-order valence-electron chi connectivity index (χ3n) is 2.59. The minimum absolute atomic E-state index is 0.0476. The van der Waals surface area contributed by atoms with Crippen LogP contribution in [-0.4, -0.2) is 10.8 Å². The number of halogens is 1. The molecular formula is C15H13BrN2O. The van der Waals surface area contributed by atoms with Gasteiger partial charge >= 0.3 is 0 Å². The summed E-state index contributed by atoms with van der Waals surface area (Å²) in [5.41, 5.74) is 1.68. The number of nitrogens with one attached hydrogen (secondary N) is 1. The van der Waals surface area contributed by atoms with Gasteiger partial charge in [-0.05, 0) is 42.8 Å². The van der Waals surface area contributed by atoms with Gasteiger partial charge in [-0.2, -0.15) is 0 Å². The van der Waals surface area contributed by atoms with E-state index in [9.17, 15) is 4.79 Å². The summed E-state index contributed by atoms with van der Waals surface area (Å²) in [6.45, 7) is 1.96. The van der Waals surface area contributed by atoms with Gasteiger partial charge in [0.2, 0.25) is 0 Å². The van der Waals surface area contributed by atoms with Crippen LogP contribution >= 0.6 is 15.9 Å². The van der Waals surface area contributed by atoms with Crippen LogP contribution in [0.15, 0.2) is 59.3 Å². The van der Waals surface area contributed by atoms with Crippen LogP contribution in [0.5, 0.6) is 0 Å². The highest BCUT2D eigenvalue weighted by molar-refractivity contribution is 9.10. The van der Waals surface area contributed by atoms with E-state index in [4.69, 9.17) is 0 Å². The Balaban J connectivity index is 2.01. The number of anilines is 1. The van der Waals surface area contributed by atoms with Crippen molar-refractivity contribution < 1.29 is 4.79 Å². The summed E-state index contributed by atoms with van der Waals surface area (Å²) in [5, 5.41) is 3.00. The van der Waals surface area contributed by atoms with Crippen LogP contribution in [-0.2, 0) is 0 Å². The second-order valence-corrected chi connectivity index (χ2v) is 4.93. The van der Waals surface area contributed by atoms with Crippen LogP contribution < -0.4 is 5.32 Å². The largest absolute Gasteiger partial charge is 0.346 e. The summed E-state index contributed by atoms with van der Waals surface area (Å²) < 4.78 is 0.954. The first-order valence-corrected chi connectivity index (χ1v) is 6.61. The van der Waals surface area contributed by atoms with Crippen LogP contribution in [0.3, 0.4) is 0 Å². The van der Waals surface area contributed by atoms with Crippen LogP contribution in [0, 0.1) is 6.92 Å². The number of hydrogen-bond donors (Lipinski definition) is 1. The van der Waals surface area contributed by atoms with E-state index in [1.54, 1.807) is 24.5 Å². The van der Waals surface area contributed by atoms with Gasteiger partial charge in [0.05, 0.1) is 0 Å². The Morgan fingerprint density at radius 1 is 1.26 bits per heavy atom. The number of carbonyl (C=O) groups excluding carboxylic acids is 1. The van der Waals surface area contributed by atoms with E-state index in [-0.39, 0.29) is 5.78 Å². The van der Waals surface area contributed by atoms with E-state index < -0.39 is 0 Å². The molecule has 0 radical (unpaired) electrons. The Bertz CT molecular complexity index is 606. The van der Waals surface area contributed by atoms with Gasteiger partial charge in [-0.1, -0.05) is 22.0 Å². The molecule has 1 heterocycles. The van der Waals surface area contributed by atoms with Gasteiger partial charge in [-0.25, -0.2) is 4.98 Å². The Hall–Kier alpha value is -1.94. The first-order valence-electron chi connectivity index (χ1n) is 5.81. The molecule has 0 bridgehead atoms. The smallest absolute Gasteiger partial charge is 0.187 e. The van der Waals surface area contributed by atoms with E-state index in [1.165, 1.54) is 6.08 Å². The van der Waals surface area contributed by atoms with Gasteiger partial charge in [0.25, 0.3) is 0 Å². The number of aryl methyl sites for hydroxylation is 1. The number of rotatable bonds is 4. The molecule has 0 aliphatic rings. The zero-order valence-corrected chi connectivity index (χ0v) is 12.0. The molecule has 0 saturated carbocycles. The molecule has 2 rings (SSSR count). The molecule has 4 heteroatoms. The van der Waals surface area contributed by atoms with Crippen molar-refractivity contribution >= 4 is 27.5 Å². The normalized spacial score (nSPS) is 10.6. The van der Waals surface area contributed by atoms with Gasteiger partial charge < -0.3 is 5.32 Å². The summed E-state index contributed by atoms with van der Waals surface area (Å²) >= 11 is 3.34. The average Bonchev–Trinajstić information content (AvgIpc) is 2.41. The number of hydrogen-bond acceptors (Lipinski definition) is 3. The van der Waals surface area contributed by atoms with Crippen molar-refractivity contribution in [2.24, 2.45) is 0 Å². The molecule has 0 aliphatic carbocycles. The van der Waals surface area contributed by atoms with E-state index in [2.05, 4.69) is 26.2 Å². The van der Waals surface area contributed by atoms with Crippen LogP contribution in [0.25, 0.3) is 0 Å². The van der Waals surface area contributed by atoms with E-state index in [0.29, 0.717) is 5.56 Å². The monoisotopic (exact) mass is 316 g/mol. The summed E-state index contributed by atoms with van der Waals surface area (Å²) in [6, 6.07) is 11.1. The fourth-order valence-electron chi connectivity index (χ4n) is 1.54. The fraction of sp³-hybridized carbons (Fsp3) is 0.0667. The SMILES string of the molecule is Cc1cccnc1N/C=C\C(=O)c1ccc(Br)cc1. The third kappa shape index (κ3) is 3.76. The van der Waals surface area contributed by atoms with E-state index in [0.717, 1.165) is 15.9 Å². The molecule has 0 atom stereocenters. The van der Waals surface area contributed by atoms with Gasteiger partial charge in [0, 0.05) is 28.5 Å². The summed E-state index contributed by atoms with van der Waals surface area (Å²) in [4.78, 5) is 16.0. The lowest BCUT2D eigenvalue weighted by Gasteiger charge is -2.02. The van der Waals surface area contributed by atoms with Crippen LogP contribution in [0.1, 0.15) is 15.9 Å². The minimum Gasteiger partial charge on any atom is -0.346 e. The molecule has 0 fully saturated rings. The lowest BCUT2D eigenvalue weighted by molar-refractivity contribution is 0.104. The Labute approximate surface area is 120 Å². The number of benzene rings is 1. The zero-order chi connectivity index (χ0) is 13.7. The molecule has 96 valence electrons. The van der Waals surface area contributed by atoms with Crippen molar-refractivity contribution in [3.05, 3.63) is 70.5 Å². The first kappa shape index (κ1) is 13.5. The number of carbonyl (C=O) groups is 1. The average molecular weight is 317 g/mol. The highest BCUT2D eigenvalue weighted by Crippen LogP contribution is 2.12. The van der Waals surface area contributed by atoms with Crippen molar-refractivity contribution in [2.75, 3.05) is 5.32 Å². The van der Waals surface area contributed by atoms with E-state index >= 15 is 0 Å². The van der Waals surface area contributed by atoms with Crippen molar-refractivity contribution in [1.29, 1.82) is 0 Å². The standard InChI is InChI=1S/C15H13BrN2O/c1-11-3-2-9-17-15(11)18-10-8-14(19)12-4-6-13(16)7-5-12/h2-10H,1H3,(H,17,18)/b10-8-. The van der Waals surface area contributed by atoms with E-state index in [1.807, 2.05) is 31.2 Å². The van der Waals surface area contributed by atoms with Gasteiger partial charge in [-0.3, -0.25) is 4.79 Å². The Kier molecular flexibility index (Phi) is 4.47. The molecule has 0 amide bonds. The summed E-state index contributed by atoms with van der Waals surface area (Å²) in [7, 11) is 0. The lowest BCUT2D eigenvalue weighted by atomic mass is 10.1. The van der Waals surface area contributed by atoms with Crippen molar-refractivity contribution in [3.63, 3.8) is 0 Å². The summed E-state index contributed by atoms with van der Waals surface area (Å²) in [5.74, 6) is 0.705. The van der Waals surface area contributed by atoms with Crippen LogP contribution in [0.4, 0.5) is 5.82 Å². The maximum atomic E-state index is 11.9. The minimum atomic E-state index is -0.0476. The molecule has 0 saturated heterocycles. The quantitative estimate of drug-likeness (QED) is 0.685. The molecule has 0 spiro atoms. The molecule has 3 nitrogen and oxygen atoms in total. The second-order valence-electron chi connectivity index (χ2n) is 4.02. The molecule has 19 heavy (non-hydrogen) atoms. The van der Waals surface area contributed by atoms with Gasteiger partial charge in [-0.15, -0.1) is 0 Å². The van der Waals surface area contributed by atoms with Crippen molar-refractivity contribution in [3.8, 4) is 0 Å². The number of allylic oxidation sites excluding steroid dienone is 1. The maximum Gasteiger partial charge on any atom is 0.187 e. The number of aromatic nitrogens is 1.